The molecule has 0 bridgehead atoms. The lowest BCUT2D eigenvalue weighted by Gasteiger charge is -2.15. The Bertz CT molecular complexity index is 1540. The minimum atomic E-state index is -0.750. The normalized spacial score (nSPS) is 10.7. The van der Waals surface area contributed by atoms with Crippen LogP contribution in [0.25, 0.3) is 5.69 Å². The highest BCUT2D eigenvalue weighted by Gasteiger charge is 2.18. The van der Waals surface area contributed by atoms with Crippen LogP contribution in [0.5, 0.6) is 17.2 Å². The molecule has 0 saturated carbocycles. The summed E-state index contributed by atoms with van der Waals surface area (Å²) in [6.45, 7) is 0. The number of halogens is 2. The van der Waals surface area contributed by atoms with Gasteiger partial charge in [-0.1, -0.05) is 23.2 Å². The van der Waals surface area contributed by atoms with Crippen molar-refractivity contribution in [1.82, 2.24) is 14.8 Å². The van der Waals surface area contributed by atoms with Crippen molar-refractivity contribution in [2.75, 3.05) is 26.1 Å². The third kappa shape index (κ3) is 5.12. The van der Waals surface area contributed by atoms with Crippen LogP contribution in [0.2, 0.25) is 10.0 Å². The summed E-state index contributed by atoms with van der Waals surface area (Å²) in [5.41, 5.74) is 0.580. The Morgan fingerprint density at radius 3 is 2.25 bits per heavy atom. The minimum Gasteiger partial charge on any atom is -0.496 e. The molecule has 0 amide bonds. The molecule has 0 saturated heterocycles. The third-order valence-corrected chi connectivity index (χ3v) is 5.78. The van der Waals surface area contributed by atoms with Gasteiger partial charge in [-0.2, -0.15) is 9.78 Å². The van der Waals surface area contributed by atoms with E-state index in [1.54, 1.807) is 24.3 Å². The predicted molar refractivity (Wildman–Crippen MR) is 138 cm³/mol. The van der Waals surface area contributed by atoms with Crippen molar-refractivity contribution in [2.24, 2.45) is 0 Å². The molecule has 0 spiro atoms. The number of hydrogen-bond donors (Lipinski definition) is 1. The standard InChI is InChI=1S/C25H20Cl2N4O5/c1-30(2)15-6-4-14(5-7-15)23(33)18-12-17(8-9-21(18)35-3)36-24-19(26)10-16(11-20(24)27)31-25(34)29-22(32)13-28-31/h4-13H,1-3H3,(H,29,32,34). The Kier molecular flexibility index (Phi) is 7.14. The number of H-pyrrole nitrogens is 1. The fourth-order valence-corrected chi connectivity index (χ4v) is 3.97. The van der Waals surface area contributed by atoms with E-state index in [1.165, 1.54) is 25.3 Å². The molecule has 1 heterocycles. The summed E-state index contributed by atoms with van der Waals surface area (Å²) in [5, 5.41) is 3.95. The molecule has 0 aliphatic carbocycles. The van der Waals surface area contributed by atoms with Crippen molar-refractivity contribution in [3.8, 4) is 22.9 Å². The van der Waals surface area contributed by atoms with Gasteiger partial charge in [-0.25, -0.2) is 4.79 Å². The van der Waals surface area contributed by atoms with Crippen LogP contribution < -0.4 is 25.6 Å². The van der Waals surface area contributed by atoms with Gasteiger partial charge in [0, 0.05) is 25.3 Å². The molecule has 0 aliphatic heterocycles. The summed E-state index contributed by atoms with van der Waals surface area (Å²) in [6.07, 6.45) is 0.956. The van der Waals surface area contributed by atoms with E-state index in [0.29, 0.717) is 22.6 Å². The molecular formula is C25H20Cl2N4O5. The van der Waals surface area contributed by atoms with Crippen molar-refractivity contribution < 1.29 is 14.3 Å². The van der Waals surface area contributed by atoms with Crippen LogP contribution in [0, 0.1) is 0 Å². The van der Waals surface area contributed by atoms with E-state index in [0.717, 1.165) is 16.6 Å². The SMILES string of the molecule is COc1ccc(Oc2c(Cl)cc(-n3ncc(=O)[nH]c3=O)cc2Cl)cc1C(=O)c1ccc(N(C)C)cc1. The van der Waals surface area contributed by atoms with Crippen molar-refractivity contribution in [1.29, 1.82) is 0 Å². The number of carbonyl (C=O) groups is 1. The number of benzene rings is 3. The van der Waals surface area contributed by atoms with E-state index in [4.69, 9.17) is 32.7 Å². The molecule has 36 heavy (non-hydrogen) atoms. The van der Waals surface area contributed by atoms with Gasteiger partial charge in [-0.05, 0) is 54.6 Å². The molecule has 1 aromatic heterocycles. The van der Waals surface area contributed by atoms with Crippen LogP contribution in [-0.2, 0) is 0 Å². The minimum absolute atomic E-state index is 0.0837. The fraction of sp³-hybridized carbons (Fsp3) is 0.120. The van der Waals surface area contributed by atoms with Crippen LogP contribution >= 0.6 is 23.2 Å². The number of nitrogens with one attached hydrogen (secondary N) is 1. The molecule has 9 nitrogen and oxygen atoms in total. The molecule has 11 heteroatoms. The number of anilines is 1. The van der Waals surface area contributed by atoms with Crippen LogP contribution in [0.3, 0.4) is 0 Å². The maximum Gasteiger partial charge on any atom is 0.349 e. The van der Waals surface area contributed by atoms with E-state index in [1.807, 2.05) is 31.1 Å². The zero-order chi connectivity index (χ0) is 26.0. The van der Waals surface area contributed by atoms with Gasteiger partial charge in [0.05, 0.1) is 28.4 Å². The quantitative estimate of drug-likeness (QED) is 0.357. The molecule has 0 radical (unpaired) electrons. The number of ketones is 1. The van der Waals surface area contributed by atoms with E-state index >= 15 is 0 Å². The van der Waals surface area contributed by atoms with Crippen molar-refractivity contribution in [3.05, 3.63) is 103 Å². The molecule has 0 unspecified atom stereocenters. The van der Waals surface area contributed by atoms with E-state index in [2.05, 4.69) is 10.1 Å². The van der Waals surface area contributed by atoms with Crippen LogP contribution in [0.15, 0.2) is 70.4 Å². The van der Waals surface area contributed by atoms with Crippen LogP contribution in [0.1, 0.15) is 15.9 Å². The van der Waals surface area contributed by atoms with Crippen molar-refractivity contribution in [3.63, 3.8) is 0 Å². The maximum absolute atomic E-state index is 13.2. The summed E-state index contributed by atoms with van der Waals surface area (Å²) >= 11 is 12.8. The van der Waals surface area contributed by atoms with Gasteiger partial charge < -0.3 is 14.4 Å². The zero-order valence-electron chi connectivity index (χ0n) is 19.4. The first kappa shape index (κ1) is 25.0. The Balaban J connectivity index is 1.67. The summed E-state index contributed by atoms with van der Waals surface area (Å²) in [7, 11) is 5.30. The van der Waals surface area contributed by atoms with Crippen molar-refractivity contribution >= 4 is 34.7 Å². The highest BCUT2D eigenvalue weighted by Crippen LogP contribution is 2.39. The first-order valence-electron chi connectivity index (χ1n) is 10.5. The van der Waals surface area contributed by atoms with Gasteiger partial charge in [0.25, 0.3) is 5.56 Å². The number of hydrogen-bond acceptors (Lipinski definition) is 7. The summed E-state index contributed by atoms with van der Waals surface area (Å²) in [4.78, 5) is 40.6. The average molecular weight is 527 g/mol. The first-order valence-corrected chi connectivity index (χ1v) is 11.3. The molecule has 4 aromatic rings. The van der Waals surface area contributed by atoms with Gasteiger partial charge in [0.1, 0.15) is 17.7 Å². The second kappa shape index (κ2) is 10.3. The van der Waals surface area contributed by atoms with E-state index < -0.39 is 11.2 Å². The first-order chi connectivity index (χ1) is 17.2. The third-order valence-electron chi connectivity index (χ3n) is 5.22. The molecule has 0 atom stereocenters. The summed E-state index contributed by atoms with van der Waals surface area (Å²) in [5.74, 6) is 0.525. The van der Waals surface area contributed by atoms with Crippen LogP contribution in [-0.4, -0.2) is 41.8 Å². The number of ether oxygens (including phenoxy) is 2. The summed E-state index contributed by atoms with van der Waals surface area (Å²) < 4.78 is 12.2. The van der Waals surface area contributed by atoms with Gasteiger partial charge in [0.2, 0.25) is 0 Å². The smallest absolute Gasteiger partial charge is 0.349 e. The number of rotatable bonds is 7. The Morgan fingerprint density at radius 2 is 1.67 bits per heavy atom. The monoisotopic (exact) mass is 526 g/mol. The molecular weight excluding hydrogens is 507 g/mol. The molecule has 4 rings (SSSR count). The second-order valence-corrected chi connectivity index (χ2v) is 8.64. The molecule has 184 valence electrons. The average Bonchev–Trinajstić information content (AvgIpc) is 2.85. The highest BCUT2D eigenvalue weighted by atomic mass is 35.5. The Hall–Kier alpha value is -4.08. The van der Waals surface area contributed by atoms with E-state index in [-0.39, 0.29) is 27.3 Å². The zero-order valence-corrected chi connectivity index (χ0v) is 20.9. The molecule has 0 fully saturated rings. The fourth-order valence-electron chi connectivity index (χ4n) is 3.42. The predicted octanol–water partition coefficient (Wildman–Crippen LogP) is 4.33. The highest BCUT2D eigenvalue weighted by molar-refractivity contribution is 6.37. The lowest BCUT2D eigenvalue weighted by atomic mass is 10.0. The van der Waals surface area contributed by atoms with E-state index in [9.17, 15) is 14.4 Å². The number of methoxy groups -OCH3 is 1. The molecule has 0 aliphatic rings. The van der Waals surface area contributed by atoms with Gasteiger partial charge >= 0.3 is 5.69 Å². The van der Waals surface area contributed by atoms with Crippen molar-refractivity contribution in [2.45, 2.75) is 0 Å². The van der Waals surface area contributed by atoms with Gasteiger partial charge in [-0.15, -0.1) is 0 Å². The van der Waals surface area contributed by atoms with Gasteiger partial charge in [0.15, 0.2) is 11.5 Å². The number of nitrogens with zero attached hydrogens (tertiary/aromatic N) is 3. The van der Waals surface area contributed by atoms with Crippen LogP contribution in [0.4, 0.5) is 5.69 Å². The van der Waals surface area contributed by atoms with Gasteiger partial charge in [-0.3, -0.25) is 14.6 Å². The summed E-state index contributed by atoms with van der Waals surface area (Å²) in [6, 6.07) is 14.8. The number of aromatic amines is 1. The lowest BCUT2D eigenvalue weighted by molar-refractivity contribution is 0.103. The largest absolute Gasteiger partial charge is 0.496 e. The number of carbonyl (C=O) groups excluding carboxylic acids is 1. The molecule has 3 aromatic carbocycles. The molecule has 1 N–H and O–H groups in total. The Labute approximate surface area is 215 Å². The number of aromatic nitrogens is 3. The second-order valence-electron chi connectivity index (χ2n) is 7.82. The maximum atomic E-state index is 13.2. The lowest BCUT2D eigenvalue weighted by Crippen LogP contribution is -2.30. The topological polar surface area (TPSA) is 107 Å². The Morgan fingerprint density at radius 1 is 1.00 bits per heavy atom.